The number of carbonyl (C=O) groups is 1. The summed E-state index contributed by atoms with van der Waals surface area (Å²) in [6, 6.07) is 9.99. The summed E-state index contributed by atoms with van der Waals surface area (Å²) in [5.41, 5.74) is 4.15. The van der Waals surface area contributed by atoms with E-state index in [1.165, 1.54) is 11.8 Å². The van der Waals surface area contributed by atoms with Crippen LogP contribution in [0.5, 0.6) is 0 Å². The quantitative estimate of drug-likeness (QED) is 0.569. The van der Waals surface area contributed by atoms with E-state index in [0.717, 1.165) is 29.3 Å². The standard InChI is InChI=1S/C20H17ClF3N5OS/c1-10-3-5-12(6-4-10)16-17(31-19-27-26-11(2)29(19)28-16)18(30)25-15-9-13(20(22,23)24)7-8-14(15)21/h3-9,16-17,28H,1-2H3,(H,25,30)/t16-,17+/m1/s1. The molecule has 0 spiro atoms. The van der Waals surface area contributed by atoms with Crippen molar-refractivity contribution in [3.05, 3.63) is 70.0 Å². The summed E-state index contributed by atoms with van der Waals surface area (Å²) < 4.78 is 41.0. The third-order valence-corrected chi connectivity index (χ3v) is 6.39. The highest BCUT2D eigenvalue weighted by atomic mass is 35.5. The van der Waals surface area contributed by atoms with Gasteiger partial charge in [0.1, 0.15) is 11.1 Å². The van der Waals surface area contributed by atoms with E-state index in [-0.39, 0.29) is 10.7 Å². The second kappa shape index (κ2) is 8.08. The van der Waals surface area contributed by atoms with Crippen molar-refractivity contribution in [3.63, 3.8) is 0 Å². The van der Waals surface area contributed by atoms with Gasteiger partial charge in [-0.25, -0.2) is 4.68 Å². The lowest BCUT2D eigenvalue weighted by molar-refractivity contribution is -0.137. The Hall–Kier alpha value is -2.72. The van der Waals surface area contributed by atoms with Crippen molar-refractivity contribution >= 4 is 35.0 Å². The number of benzene rings is 2. The Labute approximate surface area is 185 Å². The van der Waals surface area contributed by atoms with E-state index in [1.807, 2.05) is 31.2 Å². The topological polar surface area (TPSA) is 71.8 Å². The molecule has 3 aromatic rings. The molecule has 0 saturated carbocycles. The average molecular weight is 468 g/mol. The third-order valence-electron chi connectivity index (χ3n) is 4.84. The third kappa shape index (κ3) is 4.35. The van der Waals surface area contributed by atoms with Gasteiger partial charge in [-0.15, -0.1) is 10.2 Å². The fraction of sp³-hybridized carbons (Fsp3) is 0.250. The zero-order valence-corrected chi connectivity index (χ0v) is 17.9. The van der Waals surface area contributed by atoms with Gasteiger partial charge >= 0.3 is 6.18 Å². The maximum Gasteiger partial charge on any atom is 0.416 e. The molecule has 11 heteroatoms. The van der Waals surface area contributed by atoms with Gasteiger partial charge in [-0.2, -0.15) is 13.2 Å². The van der Waals surface area contributed by atoms with E-state index in [9.17, 15) is 18.0 Å². The Morgan fingerprint density at radius 1 is 1.16 bits per heavy atom. The zero-order chi connectivity index (χ0) is 22.3. The maximum atomic E-state index is 13.2. The number of amides is 1. The minimum atomic E-state index is -4.55. The van der Waals surface area contributed by atoms with E-state index < -0.39 is 28.9 Å². The summed E-state index contributed by atoms with van der Waals surface area (Å²) in [6.45, 7) is 3.73. The van der Waals surface area contributed by atoms with Gasteiger partial charge in [-0.1, -0.05) is 53.2 Å². The van der Waals surface area contributed by atoms with Crippen molar-refractivity contribution in [2.75, 3.05) is 10.7 Å². The summed E-state index contributed by atoms with van der Waals surface area (Å²) in [4.78, 5) is 13.2. The monoisotopic (exact) mass is 467 g/mol. The van der Waals surface area contributed by atoms with Crippen LogP contribution in [0.2, 0.25) is 5.02 Å². The molecule has 1 aliphatic heterocycles. The fourth-order valence-corrected chi connectivity index (χ4v) is 4.48. The molecule has 162 valence electrons. The second-order valence-corrected chi connectivity index (χ2v) is 8.62. The highest BCUT2D eigenvalue weighted by molar-refractivity contribution is 8.00. The molecule has 0 aliphatic carbocycles. The fourth-order valence-electron chi connectivity index (χ4n) is 3.19. The van der Waals surface area contributed by atoms with Crippen LogP contribution < -0.4 is 10.7 Å². The van der Waals surface area contributed by atoms with Gasteiger partial charge in [0, 0.05) is 0 Å². The summed E-state index contributed by atoms with van der Waals surface area (Å²) in [5, 5.41) is 10.4. The van der Waals surface area contributed by atoms with Gasteiger partial charge in [0.05, 0.1) is 22.3 Å². The molecule has 2 heterocycles. The number of aromatic nitrogens is 3. The van der Waals surface area contributed by atoms with Crippen molar-refractivity contribution in [3.8, 4) is 0 Å². The largest absolute Gasteiger partial charge is 0.416 e. The molecule has 0 radical (unpaired) electrons. The predicted octanol–water partition coefficient (Wildman–Crippen LogP) is 4.96. The van der Waals surface area contributed by atoms with Gasteiger partial charge in [0.15, 0.2) is 0 Å². The number of aryl methyl sites for hydroxylation is 2. The minimum Gasteiger partial charge on any atom is -0.324 e. The number of thioether (sulfide) groups is 1. The normalized spacial score (nSPS) is 18.3. The SMILES string of the molecule is Cc1ccc([C@H]2Nn3c(C)nnc3S[C@@H]2C(=O)Nc2cc(C(F)(F)F)ccc2Cl)cc1. The predicted molar refractivity (Wildman–Crippen MR) is 113 cm³/mol. The highest BCUT2D eigenvalue weighted by Crippen LogP contribution is 2.39. The molecule has 31 heavy (non-hydrogen) atoms. The second-order valence-electron chi connectivity index (χ2n) is 7.10. The highest BCUT2D eigenvalue weighted by Gasteiger charge is 2.38. The number of nitrogens with zero attached hydrogens (tertiary/aromatic N) is 3. The van der Waals surface area contributed by atoms with Crippen LogP contribution in [-0.4, -0.2) is 26.0 Å². The molecule has 0 unspecified atom stereocenters. The number of nitrogens with one attached hydrogen (secondary N) is 2. The van der Waals surface area contributed by atoms with Gasteiger partial charge < -0.3 is 10.7 Å². The van der Waals surface area contributed by atoms with E-state index >= 15 is 0 Å². The number of alkyl halides is 3. The van der Waals surface area contributed by atoms with Crippen molar-refractivity contribution in [1.82, 2.24) is 14.9 Å². The van der Waals surface area contributed by atoms with E-state index in [4.69, 9.17) is 11.6 Å². The zero-order valence-electron chi connectivity index (χ0n) is 16.4. The first kappa shape index (κ1) is 21.5. The minimum absolute atomic E-state index is 0.0148. The molecular formula is C20H17ClF3N5OS. The van der Waals surface area contributed by atoms with Crippen LogP contribution in [0.15, 0.2) is 47.6 Å². The van der Waals surface area contributed by atoms with Crippen LogP contribution in [0.4, 0.5) is 18.9 Å². The van der Waals surface area contributed by atoms with Gasteiger partial charge in [-0.3, -0.25) is 4.79 Å². The molecular weight excluding hydrogens is 451 g/mol. The Kier molecular flexibility index (Phi) is 5.61. The lowest BCUT2D eigenvalue weighted by Crippen LogP contribution is -2.41. The summed E-state index contributed by atoms with van der Waals surface area (Å²) in [6.07, 6.45) is -4.55. The summed E-state index contributed by atoms with van der Waals surface area (Å²) >= 11 is 7.23. The Morgan fingerprint density at radius 2 is 1.87 bits per heavy atom. The maximum absolute atomic E-state index is 13.2. The Morgan fingerprint density at radius 3 is 2.55 bits per heavy atom. The van der Waals surface area contributed by atoms with Crippen LogP contribution >= 0.6 is 23.4 Å². The van der Waals surface area contributed by atoms with Crippen molar-refractivity contribution in [2.24, 2.45) is 0 Å². The van der Waals surface area contributed by atoms with Crippen LogP contribution in [0.25, 0.3) is 0 Å². The van der Waals surface area contributed by atoms with E-state index in [2.05, 4.69) is 20.9 Å². The first-order valence-electron chi connectivity index (χ1n) is 9.23. The lowest BCUT2D eigenvalue weighted by Gasteiger charge is -2.33. The van der Waals surface area contributed by atoms with E-state index in [0.29, 0.717) is 11.0 Å². The smallest absolute Gasteiger partial charge is 0.324 e. The van der Waals surface area contributed by atoms with Crippen molar-refractivity contribution in [1.29, 1.82) is 0 Å². The molecule has 0 saturated heterocycles. The molecule has 2 atom stereocenters. The molecule has 1 aromatic heterocycles. The first-order chi connectivity index (χ1) is 14.6. The van der Waals surface area contributed by atoms with Gasteiger partial charge in [0.25, 0.3) is 0 Å². The molecule has 2 aromatic carbocycles. The van der Waals surface area contributed by atoms with Crippen molar-refractivity contribution in [2.45, 2.75) is 36.5 Å². The van der Waals surface area contributed by atoms with Crippen molar-refractivity contribution < 1.29 is 18.0 Å². The summed E-state index contributed by atoms with van der Waals surface area (Å²) in [5.74, 6) is 0.121. The van der Waals surface area contributed by atoms with Gasteiger partial charge in [0.2, 0.25) is 11.1 Å². The van der Waals surface area contributed by atoms with Crippen LogP contribution in [0.3, 0.4) is 0 Å². The first-order valence-corrected chi connectivity index (χ1v) is 10.5. The van der Waals surface area contributed by atoms with Crippen LogP contribution in [0, 0.1) is 13.8 Å². The number of halogens is 4. The molecule has 1 amide bonds. The number of carbonyl (C=O) groups excluding carboxylic acids is 1. The van der Waals surface area contributed by atoms with E-state index in [1.54, 1.807) is 11.6 Å². The lowest BCUT2D eigenvalue weighted by atomic mass is 10.0. The number of hydrogen-bond acceptors (Lipinski definition) is 5. The van der Waals surface area contributed by atoms with Crippen LogP contribution in [-0.2, 0) is 11.0 Å². The van der Waals surface area contributed by atoms with Crippen LogP contribution in [0.1, 0.15) is 28.6 Å². The number of rotatable bonds is 3. The molecule has 2 N–H and O–H groups in total. The number of anilines is 1. The average Bonchev–Trinajstić information content (AvgIpc) is 3.08. The number of hydrogen-bond donors (Lipinski definition) is 2. The molecule has 6 nitrogen and oxygen atoms in total. The molecule has 0 bridgehead atoms. The number of fused-ring (bicyclic) bond motifs is 1. The Bertz CT molecular complexity index is 1130. The summed E-state index contributed by atoms with van der Waals surface area (Å²) in [7, 11) is 0. The Balaban J connectivity index is 1.67. The van der Waals surface area contributed by atoms with Gasteiger partial charge in [-0.05, 0) is 37.6 Å². The molecule has 0 fully saturated rings. The molecule has 1 aliphatic rings. The molecule has 4 rings (SSSR count).